The molecule has 2 rings (SSSR count). The molecule has 1 aliphatic carbocycles. The van der Waals surface area contributed by atoms with Crippen molar-refractivity contribution in [1.82, 2.24) is 0 Å². The number of primary amides is 1. The van der Waals surface area contributed by atoms with E-state index in [1.54, 1.807) is 0 Å². The number of nitrogens with one attached hydrogen (secondary N) is 1. The van der Waals surface area contributed by atoms with E-state index < -0.39 is 5.54 Å². The van der Waals surface area contributed by atoms with Crippen LogP contribution < -0.4 is 11.1 Å². The summed E-state index contributed by atoms with van der Waals surface area (Å²) in [4.78, 5) is 12.2. The maximum atomic E-state index is 12.2. The van der Waals surface area contributed by atoms with E-state index in [1.165, 1.54) is 18.4 Å². The van der Waals surface area contributed by atoms with Crippen LogP contribution in [0, 0.1) is 18.8 Å². The first-order chi connectivity index (χ1) is 9.91. The van der Waals surface area contributed by atoms with Gasteiger partial charge in [-0.15, -0.1) is 0 Å². The first kappa shape index (κ1) is 15.9. The van der Waals surface area contributed by atoms with Gasteiger partial charge in [-0.05, 0) is 55.7 Å². The third-order valence-corrected chi connectivity index (χ3v) is 4.53. The van der Waals surface area contributed by atoms with Crippen LogP contribution >= 0.6 is 0 Å². The molecule has 21 heavy (non-hydrogen) atoms. The van der Waals surface area contributed by atoms with Crippen molar-refractivity contribution in [3.8, 4) is 0 Å². The smallest absolute Gasteiger partial charge is 0.243 e. The Hall–Kier alpha value is -1.51. The van der Waals surface area contributed by atoms with E-state index in [-0.39, 0.29) is 5.91 Å². The van der Waals surface area contributed by atoms with Gasteiger partial charge in [0.15, 0.2) is 0 Å². The summed E-state index contributed by atoms with van der Waals surface area (Å²) in [6, 6.07) is 8.17. The van der Waals surface area contributed by atoms with Gasteiger partial charge >= 0.3 is 0 Å². The van der Waals surface area contributed by atoms with Gasteiger partial charge in [-0.2, -0.15) is 0 Å². The molecule has 1 aromatic carbocycles. The molecular weight excluding hydrogens is 260 g/mol. The lowest BCUT2D eigenvalue weighted by molar-refractivity contribution is -0.123. The molecule has 1 aliphatic rings. The SMILES string of the molecule is Cc1cccc(NC2(C(N)=O)CCCC(CC(C)C)C2)c1. The molecular formula is C18H28N2O. The van der Waals surface area contributed by atoms with Gasteiger partial charge in [0.25, 0.3) is 0 Å². The third-order valence-electron chi connectivity index (χ3n) is 4.53. The van der Waals surface area contributed by atoms with E-state index in [0.29, 0.717) is 11.8 Å². The average Bonchev–Trinajstić information content (AvgIpc) is 2.38. The van der Waals surface area contributed by atoms with Gasteiger partial charge in [-0.3, -0.25) is 4.79 Å². The summed E-state index contributed by atoms with van der Waals surface area (Å²) in [6.07, 6.45) is 5.14. The van der Waals surface area contributed by atoms with Crippen molar-refractivity contribution < 1.29 is 4.79 Å². The fraction of sp³-hybridized carbons (Fsp3) is 0.611. The zero-order valence-corrected chi connectivity index (χ0v) is 13.5. The number of benzene rings is 1. The molecule has 1 aromatic rings. The van der Waals surface area contributed by atoms with Crippen molar-refractivity contribution in [2.24, 2.45) is 17.6 Å². The van der Waals surface area contributed by atoms with Crippen LogP contribution in [0.3, 0.4) is 0 Å². The number of rotatable bonds is 5. The minimum absolute atomic E-state index is 0.211. The second-order valence-corrected chi connectivity index (χ2v) is 7.03. The second kappa shape index (κ2) is 6.50. The van der Waals surface area contributed by atoms with Gasteiger partial charge in [0.2, 0.25) is 5.91 Å². The van der Waals surface area contributed by atoms with Crippen molar-refractivity contribution in [3.63, 3.8) is 0 Å². The first-order valence-electron chi connectivity index (χ1n) is 8.06. The van der Waals surface area contributed by atoms with Crippen molar-refractivity contribution in [2.75, 3.05) is 5.32 Å². The van der Waals surface area contributed by atoms with Crippen LogP contribution in [0.15, 0.2) is 24.3 Å². The van der Waals surface area contributed by atoms with Crippen LogP contribution in [0.4, 0.5) is 5.69 Å². The molecule has 3 N–H and O–H groups in total. The lowest BCUT2D eigenvalue weighted by Crippen LogP contribution is -2.53. The first-order valence-corrected chi connectivity index (χ1v) is 8.06. The maximum Gasteiger partial charge on any atom is 0.243 e. The van der Waals surface area contributed by atoms with E-state index in [1.807, 2.05) is 12.1 Å². The largest absolute Gasteiger partial charge is 0.371 e. The minimum atomic E-state index is -0.578. The lowest BCUT2D eigenvalue weighted by Gasteiger charge is -2.40. The summed E-state index contributed by atoms with van der Waals surface area (Å²) in [6.45, 7) is 6.55. The number of carbonyl (C=O) groups excluding carboxylic acids is 1. The van der Waals surface area contributed by atoms with E-state index in [0.717, 1.165) is 24.9 Å². The second-order valence-electron chi connectivity index (χ2n) is 7.03. The van der Waals surface area contributed by atoms with Gasteiger partial charge in [-0.25, -0.2) is 0 Å². The van der Waals surface area contributed by atoms with E-state index >= 15 is 0 Å². The average molecular weight is 288 g/mol. The lowest BCUT2D eigenvalue weighted by atomic mass is 9.72. The summed E-state index contributed by atoms with van der Waals surface area (Å²) in [7, 11) is 0. The highest BCUT2D eigenvalue weighted by Gasteiger charge is 2.41. The van der Waals surface area contributed by atoms with E-state index in [9.17, 15) is 4.79 Å². The van der Waals surface area contributed by atoms with Gasteiger partial charge in [0, 0.05) is 5.69 Å². The predicted octanol–water partition coefficient (Wildman–Crippen LogP) is 3.87. The maximum absolute atomic E-state index is 12.2. The Bertz CT molecular complexity index is 498. The molecule has 2 atom stereocenters. The van der Waals surface area contributed by atoms with Gasteiger partial charge in [0.1, 0.15) is 5.54 Å². The van der Waals surface area contributed by atoms with Gasteiger partial charge in [0.05, 0.1) is 0 Å². The Morgan fingerprint density at radius 2 is 2.24 bits per heavy atom. The zero-order chi connectivity index (χ0) is 15.5. The fourth-order valence-corrected chi connectivity index (χ4v) is 3.66. The Morgan fingerprint density at radius 3 is 2.86 bits per heavy atom. The highest BCUT2D eigenvalue weighted by molar-refractivity contribution is 5.88. The van der Waals surface area contributed by atoms with Crippen LogP contribution in [0.25, 0.3) is 0 Å². The van der Waals surface area contributed by atoms with Gasteiger partial charge < -0.3 is 11.1 Å². The molecule has 3 nitrogen and oxygen atoms in total. The van der Waals surface area contributed by atoms with Crippen molar-refractivity contribution >= 4 is 11.6 Å². The molecule has 0 bridgehead atoms. The summed E-state index contributed by atoms with van der Waals surface area (Å²) in [5.41, 5.74) is 7.39. The molecule has 0 radical (unpaired) electrons. The summed E-state index contributed by atoms with van der Waals surface area (Å²) in [5, 5.41) is 3.46. The molecule has 1 saturated carbocycles. The van der Waals surface area contributed by atoms with Crippen molar-refractivity contribution in [2.45, 2.75) is 58.4 Å². The molecule has 0 aliphatic heterocycles. The number of amides is 1. The number of carbonyl (C=O) groups is 1. The zero-order valence-electron chi connectivity index (χ0n) is 13.5. The fourth-order valence-electron chi connectivity index (χ4n) is 3.66. The van der Waals surface area contributed by atoms with E-state index in [4.69, 9.17) is 5.73 Å². The minimum Gasteiger partial charge on any atom is -0.371 e. The molecule has 0 heterocycles. The van der Waals surface area contributed by atoms with Crippen LogP contribution in [0.1, 0.15) is 51.5 Å². The monoisotopic (exact) mass is 288 g/mol. The molecule has 0 spiro atoms. The Morgan fingerprint density at radius 1 is 1.48 bits per heavy atom. The molecule has 2 unspecified atom stereocenters. The summed E-state index contributed by atoms with van der Waals surface area (Å²) >= 11 is 0. The summed E-state index contributed by atoms with van der Waals surface area (Å²) in [5.74, 6) is 1.04. The Kier molecular flexibility index (Phi) is 4.92. The number of aryl methyl sites for hydroxylation is 1. The van der Waals surface area contributed by atoms with Crippen LogP contribution in [0.2, 0.25) is 0 Å². The standard InChI is InChI=1S/C18H28N2O/c1-13(2)10-15-7-5-9-18(12-15,17(19)21)20-16-8-4-6-14(3)11-16/h4,6,8,11,13,15,20H,5,7,9-10,12H2,1-3H3,(H2,19,21). The Labute approximate surface area is 128 Å². The highest BCUT2D eigenvalue weighted by Crippen LogP contribution is 2.38. The van der Waals surface area contributed by atoms with Crippen LogP contribution in [0.5, 0.6) is 0 Å². The highest BCUT2D eigenvalue weighted by atomic mass is 16.1. The van der Waals surface area contributed by atoms with Crippen LogP contribution in [-0.2, 0) is 4.79 Å². The quantitative estimate of drug-likeness (QED) is 0.864. The summed E-state index contributed by atoms with van der Waals surface area (Å²) < 4.78 is 0. The van der Waals surface area contributed by atoms with Crippen molar-refractivity contribution in [1.29, 1.82) is 0 Å². The molecule has 1 fully saturated rings. The van der Waals surface area contributed by atoms with Crippen LogP contribution in [-0.4, -0.2) is 11.4 Å². The number of hydrogen-bond donors (Lipinski definition) is 2. The molecule has 0 saturated heterocycles. The topological polar surface area (TPSA) is 55.1 Å². The van der Waals surface area contributed by atoms with Gasteiger partial charge in [-0.1, -0.05) is 38.8 Å². The number of nitrogens with two attached hydrogens (primary N) is 1. The molecule has 1 amide bonds. The van der Waals surface area contributed by atoms with E-state index in [2.05, 4.69) is 38.2 Å². The molecule has 0 aromatic heterocycles. The molecule has 3 heteroatoms. The van der Waals surface area contributed by atoms with Crippen molar-refractivity contribution in [3.05, 3.63) is 29.8 Å². The number of hydrogen-bond acceptors (Lipinski definition) is 2. The third kappa shape index (κ3) is 3.99. The predicted molar refractivity (Wildman–Crippen MR) is 88.1 cm³/mol. The Balaban J connectivity index is 2.18. The molecule has 116 valence electrons. The normalized spacial score (nSPS) is 25.8. The number of anilines is 1.